The van der Waals surface area contributed by atoms with Crippen molar-refractivity contribution < 1.29 is 19.1 Å². The lowest BCUT2D eigenvalue weighted by molar-refractivity contribution is -0.143. The van der Waals surface area contributed by atoms with Gasteiger partial charge in [0.05, 0.1) is 13.2 Å². The Morgan fingerprint density at radius 3 is 3.00 bits per heavy atom. The fraction of sp³-hybridized carbons (Fsp3) is 0.467. The highest BCUT2D eigenvalue weighted by atomic mass is 16.5. The molecular formula is C15H19NO4. The second-order valence-electron chi connectivity index (χ2n) is 4.59. The molecule has 1 aromatic carbocycles. The van der Waals surface area contributed by atoms with Crippen LogP contribution in [0.3, 0.4) is 0 Å². The normalized spacial score (nSPS) is 13.3. The zero-order valence-electron chi connectivity index (χ0n) is 11.6. The van der Waals surface area contributed by atoms with Crippen molar-refractivity contribution in [2.24, 2.45) is 0 Å². The van der Waals surface area contributed by atoms with Crippen LogP contribution >= 0.6 is 0 Å². The highest BCUT2D eigenvalue weighted by Gasteiger charge is 2.18. The Hall–Kier alpha value is -2.04. The number of amides is 1. The molecule has 1 N–H and O–H groups in total. The molecule has 0 aliphatic carbocycles. The van der Waals surface area contributed by atoms with Gasteiger partial charge in [0.2, 0.25) is 5.91 Å². The zero-order chi connectivity index (χ0) is 14.4. The molecule has 1 heterocycles. The van der Waals surface area contributed by atoms with Crippen LogP contribution in [0.5, 0.6) is 5.75 Å². The highest BCUT2D eigenvalue weighted by Crippen LogP contribution is 2.31. The van der Waals surface area contributed by atoms with E-state index in [0.29, 0.717) is 38.9 Å². The molecule has 0 unspecified atom stereocenters. The van der Waals surface area contributed by atoms with Gasteiger partial charge in [-0.25, -0.2) is 0 Å². The Morgan fingerprint density at radius 1 is 1.35 bits per heavy atom. The second kappa shape index (κ2) is 6.93. The molecule has 0 radical (unpaired) electrons. The van der Waals surface area contributed by atoms with Crippen LogP contribution < -0.4 is 10.1 Å². The van der Waals surface area contributed by atoms with Gasteiger partial charge in [-0.1, -0.05) is 6.07 Å². The first-order valence-corrected chi connectivity index (χ1v) is 6.91. The van der Waals surface area contributed by atoms with E-state index in [9.17, 15) is 9.59 Å². The maximum Gasteiger partial charge on any atom is 0.305 e. The fourth-order valence-corrected chi connectivity index (χ4v) is 2.16. The molecule has 1 amide bonds. The van der Waals surface area contributed by atoms with E-state index < -0.39 is 0 Å². The van der Waals surface area contributed by atoms with E-state index in [2.05, 4.69) is 5.32 Å². The average Bonchev–Trinajstić information content (AvgIpc) is 2.43. The summed E-state index contributed by atoms with van der Waals surface area (Å²) in [7, 11) is 0. The number of benzene rings is 1. The largest absolute Gasteiger partial charge is 0.493 e. The number of carbonyl (C=O) groups excluding carboxylic acids is 2. The van der Waals surface area contributed by atoms with E-state index in [4.69, 9.17) is 9.47 Å². The summed E-state index contributed by atoms with van der Waals surface area (Å²) in [5.74, 6) is 0.627. The minimum atomic E-state index is -0.196. The van der Waals surface area contributed by atoms with Gasteiger partial charge in [0.25, 0.3) is 0 Å². The van der Waals surface area contributed by atoms with E-state index >= 15 is 0 Å². The predicted molar refractivity (Wildman–Crippen MR) is 74.8 cm³/mol. The Kier molecular flexibility index (Phi) is 4.98. The summed E-state index contributed by atoms with van der Waals surface area (Å²) < 4.78 is 10.6. The molecule has 1 aliphatic heterocycles. The third-order valence-electron chi connectivity index (χ3n) is 3.10. The summed E-state index contributed by atoms with van der Waals surface area (Å²) in [6.07, 6.45) is 2.15. The molecule has 0 aromatic heterocycles. The topological polar surface area (TPSA) is 64.6 Å². The van der Waals surface area contributed by atoms with E-state index in [1.807, 2.05) is 18.2 Å². The molecule has 2 rings (SSSR count). The molecule has 5 heteroatoms. The van der Waals surface area contributed by atoms with Crippen LogP contribution in [-0.2, 0) is 20.7 Å². The van der Waals surface area contributed by atoms with Crippen molar-refractivity contribution in [3.8, 4) is 5.75 Å². The third-order valence-corrected chi connectivity index (χ3v) is 3.10. The SMILES string of the molecule is CCOC(=O)CCCOc1cccc2c1CCC(=O)N2. The van der Waals surface area contributed by atoms with Gasteiger partial charge < -0.3 is 14.8 Å². The van der Waals surface area contributed by atoms with Crippen LogP contribution in [-0.4, -0.2) is 25.1 Å². The first-order valence-electron chi connectivity index (χ1n) is 6.91. The first kappa shape index (κ1) is 14.4. The van der Waals surface area contributed by atoms with Crippen LogP contribution in [0.4, 0.5) is 5.69 Å². The van der Waals surface area contributed by atoms with Crippen molar-refractivity contribution in [3.63, 3.8) is 0 Å². The number of hydrogen-bond donors (Lipinski definition) is 1. The molecule has 0 saturated heterocycles. The van der Waals surface area contributed by atoms with Gasteiger partial charge in [-0.2, -0.15) is 0 Å². The zero-order valence-corrected chi connectivity index (χ0v) is 11.6. The van der Waals surface area contributed by atoms with Gasteiger partial charge in [-0.3, -0.25) is 9.59 Å². The van der Waals surface area contributed by atoms with Gasteiger partial charge in [0.15, 0.2) is 0 Å². The fourth-order valence-electron chi connectivity index (χ4n) is 2.16. The van der Waals surface area contributed by atoms with Crippen LogP contribution in [0.2, 0.25) is 0 Å². The molecule has 0 atom stereocenters. The summed E-state index contributed by atoms with van der Waals surface area (Å²) in [6, 6.07) is 5.61. The van der Waals surface area contributed by atoms with Crippen molar-refractivity contribution in [2.45, 2.75) is 32.6 Å². The minimum Gasteiger partial charge on any atom is -0.493 e. The minimum absolute atomic E-state index is 0.0389. The smallest absolute Gasteiger partial charge is 0.305 e. The predicted octanol–water partition coefficient (Wildman–Crippen LogP) is 2.29. The molecule has 0 spiro atoms. The van der Waals surface area contributed by atoms with Gasteiger partial charge in [0, 0.05) is 24.1 Å². The van der Waals surface area contributed by atoms with Gasteiger partial charge in [-0.15, -0.1) is 0 Å². The Bertz CT molecular complexity index is 499. The average molecular weight is 277 g/mol. The Morgan fingerprint density at radius 2 is 2.20 bits per heavy atom. The van der Waals surface area contributed by atoms with Crippen molar-refractivity contribution in [2.75, 3.05) is 18.5 Å². The van der Waals surface area contributed by atoms with E-state index in [0.717, 1.165) is 17.0 Å². The molecule has 0 saturated carbocycles. The van der Waals surface area contributed by atoms with Gasteiger partial charge in [0.1, 0.15) is 5.75 Å². The molecule has 5 nitrogen and oxygen atoms in total. The lowest BCUT2D eigenvalue weighted by Gasteiger charge is -2.20. The number of rotatable bonds is 6. The standard InChI is InChI=1S/C15H19NO4/c1-2-19-15(18)7-4-10-20-13-6-3-5-12-11(13)8-9-14(17)16-12/h3,5-6H,2,4,7-10H2,1H3,(H,16,17). The maximum atomic E-state index is 11.3. The summed E-state index contributed by atoms with van der Waals surface area (Å²) >= 11 is 0. The quantitative estimate of drug-likeness (QED) is 0.640. The van der Waals surface area contributed by atoms with Gasteiger partial charge in [-0.05, 0) is 31.9 Å². The summed E-state index contributed by atoms with van der Waals surface area (Å²) in [5.41, 5.74) is 1.85. The molecular weight excluding hydrogens is 258 g/mol. The molecule has 0 fully saturated rings. The Balaban J connectivity index is 1.86. The van der Waals surface area contributed by atoms with E-state index in [-0.39, 0.29) is 11.9 Å². The van der Waals surface area contributed by atoms with E-state index in [1.54, 1.807) is 6.92 Å². The van der Waals surface area contributed by atoms with Crippen molar-refractivity contribution in [1.29, 1.82) is 0 Å². The summed E-state index contributed by atoms with van der Waals surface area (Å²) in [5, 5.41) is 2.83. The number of nitrogens with one attached hydrogen (secondary N) is 1. The second-order valence-corrected chi connectivity index (χ2v) is 4.59. The van der Waals surface area contributed by atoms with Crippen LogP contribution in [0.25, 0.3) is 0 Å². The summed E-state index contributed by atoms with van der Waals surface area (Å²) in [6.45, 7) is 2.66. The summed E-state index contributed by atoms with van der Waals surface area (Å²) in [4.78, 5) is 22.5. The van der Waals surface area contributed by atoms with Gasteiger partial charge >= 0.3 is 5.97 Å². The number of hydrogen-bond acceptors (Lipinski definition) is 4. The third kappa shape index (κ3) is 3.73. The molecule has 20 heavy (non-hydrogen) atoms. The van der Waals surface area contributed by atoms with Crippen LogP contribution in [0, 0.1) is 0 Å². The lowest BCUT2D eigenvalue weighted by Crippen LogP contribution is -2.19. The number of esters is 1. The number of ether oxygens (including phenoxy) is 2. The van der Waals surface area contributed by atoms with Crippen molar-refractivity contribution in [3.05, 3.63) is 23.8 Å². The molecule has 1 aliphatic rings. The monoisotopic (exact) mass is 277 g/mol. The van der Waals surface area contributed by atoms with Crippen LogP contribution in [0.15, 0.2) is 18.2 Å². The van der Waals surface area contributed by atoms with Crippen molar-refractivity contribution >= 4 is 17.6 Å². The van der Waals surface area contributed by atoms with Crippen LogP contribution in [0.1, 0.15) is 31.7 Å². The first-order chi connectivity index (χ1) is 9.70. The highest BCUT2D eigenvalue weighted by molar-refractivity contribution is 5.94. The number of anilines is 1. The molecule has 1 aromatic rings. The number of carbonyl (C=O) groups is 2. The van der Waals surface area contributed by atoms with Crippen molar-refractivity contribution in [1.82, 2.24) is 0 Å². The molecule has 108 valence electrons. The lowest BCUT2D eigenvalue weighted by atomic mass is 10.0. The Labute approximate surface area is 118 Å². The molecule has 0 bridgehead atoms. The van der Waals surface area contributed by atoms with E-state index in [1.165, 1.54) is 0 Å². The number of fused-ring (bicyclic) bond motifs is 1. The maximum absolute atomic E-state index is 11.3.